The fraction of sp³-hybridized carbons (Fsp3) is 0.364. The summed E-state index contributed by atoms with van der Waals surface area (Å²) in [5.41, 5.74) is 2.87. The van der Waals surface area contributed by atoms with Crippen LogP contribution in [0.15, 0.2) is 36.9 Å². The molecule has 0 bridgehead atoms. The van der Waals surface area contributed by atoms with E-state index >= 15 is 0 Å². The molecule has 4 rings (SSSR count). The van der Waals surface area contributed by atoms with Crippen molar-refractivity contribution < 1.29 is 9.18 Å². The molecule has 0 unspecified atom stereocenters. The highest BCUT2D eigenvalue weighted by molar-refractivity contribution is 6.30. The topological polar surface area (TPSA) is 67.2 Å². The second-order valence-corrected chi connectivity index (χ2v) is 8.04. The number of imidazole rings is 1. The van der Waals surface area contributed by atoms with Gasteiger partial charge in [0.15, 0.2) is 0 Å². The molecule has 1 aliphatic rings. The molecule has 9 heteroatoms. The molecule has 1 aliphatic heterocycles. The van der Waals surface area contributed by atoms with Crippen molar-refractivity contribution in [2.45, 2.75) is 26.7 Å². The minimum atomic E-state index is -0.445. The van der Waals surface area contributed by atoms with E-state index in [4.69, 9.17) is 11.6 Å². The number of amides is 1. The van der Waals surface area contributed by atoms with Gasteiger partial charge in [0, 0.05) is 44.4 Å². The molecule has 0 spiro atoms. The van der Waals surface area contributed by atoms with Gasteiger partial charge in [-0.15, -0.1) is 0 Å². The minimum absolute atomic E-state index is 0.0869. The monoisotopic (exact) mass is 442 g/mol. The van der Waals surface area contributed by atoms with Gasteiger partial charge in [0.1, 0.15) is 30.1 Å². The Kier molecular flexibility index (Phi) is 6.18. The summed E-state index contributed by atoms with van der Waals surface area (Å²) in [7, 11) is 0. The molecule has 1 saturated heterocycles. The van der Waals surface area contributed by atoms with Crippen molar-refractivity contribution in [3.05, 3.63) is 64.7 Å². The van der Waals surface area contributed by atoms with Crippen LogP contribution >= 0.6 is 11.6 Å². The Morgan fingerprint density at radius 2 is 1.81 bits per heavy atom. The Bertz CT molecular complexity index is 1090. The fourth-order valence-electron chi connectivity index (χ4n) is 3.66. The number of piperazine rings is 1. The smallest absolute Gasteiger partial charge is 0.223 e. The Hall–Kier alpha value is -3.00. The molecule has 31 heavy (non-hydrogen) atoms. The van der Waals surface area contributed by atoms with Crippen LogP contribution in [0.1, 0.15) is 23.4 Å². The van der Waals surface area contributed by atoms with Gasteiger partial charge in [0.25, 0.3) is 0 Å². The number of halogens is 2. The number of hydrogen-bond acceptors (Lipinski definition) is 5. The summed E-state index contributed by atoms with van der Waals surface area (Å²) < 4.78 is 15.2. The molecule has 1 aromatic carbocycles. The van der Waals surface area contributed by atoms with Crippen LogP contribution in [0.5, 0.6) is 0 Å². The lowest BCUT2D eigenvalue weighted by molar-refractivity contribution is -0.131. The Balaban J connectivity index is 1.34. The number of anilines is 1. The van der Waals surface area contributed by atoms with E-state index in [0.29, 0.717) is 39.0 Å². The van der Waals surface area contributed by atoms with Crippen molar-refractivity contribution in [1.82, 2.24) is 24.4 Å². The first kappa shape index (κ1) is 21.2. The van der Waals surface area contributed by atoms with Crippen LogP contribution in [0.25, 0.3) is 5.82 Å². The van der Waals surface area contributed by atoms with Crippen LogP contribution in [0.2, 0.25) is 5.02 Å². The predicted molar refractivity (Wildman–Crippen MR) is 117 cm³/mol. The average Bonchev–Trinajstić information content (AvgIpc) is 3.13. The Morgan fingerprint density at radius 3 is 2.48 bits per heavy atom. The quantitative estimate of drug-likeness (QED) is 0.606. The maximum atomic E-state index is 13.3. The first-order chi connectivity index (χ1) is 14.9. The van der Waals surface area contributed by atoms with Crippen LogP contribution in [0, 0.1) is 19.7 Å². The fourth-order valence-corrected chi connectivity index (χ4v) is 3.86. The van der Waals surface area contributed by atoms with Gasteiger partial charge >= 0.3 is 0 Å². The van der Waals surface area contributed by atoms with E-state index in [1.165, 1.54) is 6.07 Å². The summed E-state index contributed by atoms with van der Waals surface area (Å²) >= 11 is 5.82. The maximum absolute atomic E-state index is 13.3. The number of aromatic nitrogens is 4. The predicted octanol–water partition coefficient (Wildman–Crippen LogP) is 3.35. The van der Waals surface area contributed by atoms with Crippen molar-refractivity contribution in [2.75, 3.05) is 31.1 Å². The molecule has 1 fully saturated rings. The molecule has 3 aromatic rings. The zero-order valence-electron chi connectivity index (χ0n) is 17.6. The van der Waals surface area contributed by atoms with E-state index in [-0.39, 0.29) is 10.9 Å². The summed E-state index contributed by atoms with van der Waals surface area (Å²) in [6, 6.07) is 6.54. The van der Waals surface area contributed by atoms with E-state index in [0.717, 1.165) is 28.6 Å². The van der Waals surface area contributed by atoms with Gasteiger partial charge in [0.2, 0.25) is 5.91 Å². The third-order valence-electron chi connectivity index (χ3n) is 5.70. The molecular formula is C22H24ClFN6O. The molecule has 162 valence electrons. The standard InChI is InChI=1S/C22H24ClFN6O/c1-15-16(2)30(14-27-15)21-12-20(25-13-26-21)28-7-9-29(10-8-28)22(31)6-4-17-3-5-19(24)18(23)11-17/h3,5,11-14H,4,6-10H2,1-2H3. The number of rotatable bonds is 5. The molecule has 2 aromatic heterocycles. The zero-order valence-corrected chi connectivity index (χ0v) is 18.3. The largest absolute Gasteiger partial charge is 0.353 e. The van der Waals surface area contributed by atoms with Crippen molar-refractivity contribution in [3.8, 4) is 5.82 Å². The van der Waals surface area contributed by atoms with Gasteiger partial charge < -0.3 is 9.80 Å². The maximum Gasteiger partial charge on any atom is 0.223 e. The van der Waals surface area contributed by atoms with E-state index in [1.54, 1.807) is 24.8 Å². The third kappa shape index (κ3) is 4.69. The highest BCUT2D eigenvalue weighted by atomic mass is 35.5. The third-order valence-corrected chi connectivity index (χ3v) is 5.99. The van der Waals surface area contributed by atoms with Crippen LogP contribution in [-0.4, -0.2) is 56.5 Å². The minimum Gasteiger partial charge on any atom is -0.353 e. The van der Waals surface area contributed by atoms with Crippen molar-refractivity contribution in [3.63, 3.8) is 0 Å². The van der Waals surface area contributed by atoms with E-state index < -0.39 is 5.82 Å². The van der Waals surface area contributed by atoms with Crippen LogP contribution in [0.3, 0.4) is 0 Å². The summed E-state index contributed by atoms with van der Waals surface area (Å²) in [6.07, 6.45) is 4.24. The number of aryl methyl sites for hydroxylation is 2. The first-order valence-corrected chi connectivity index (χ1v) is 10.6. The zero-order chi connectivity index (χ0) is 22.0. The number of benzene rings is 1. The van der Waals surface area contributed by atoms with Gasteiger partial charge in [0.05, 0.1) is 10.7 Å². The second-order valence-electron chi connectivity index (χ2n) is 7.64. The number of hydrogen-bond donors (Lipinski definition) is 0. The molecule has 3 heterocycles. The van der Waals surface area contributed by atoms with Crippen molar-refractivity contribution in [2.24, 2.45) is 0 Å². The van der Waals surface area contributed by atoms with Gasteiger partial charge in [-0.05, 0) is 38.0 Å². The Morgan fingerprint density at radius 1 is 1.06 bits per heavy atom. The molecule has 7 nitrogen and oxygen atoms in total. The molecule has 0 atom stereocenters. The van der Waals surface area contributed by atoms with E-state index in [2.05, 4.69) is 19.9 Å². The lowest BCUT2D eigenvalue weighted by Gasteiger charge is -2.35. The summed E-state index contributed by atoms with van der Waals surface area (Å²) in [4.78, 5) is 29.8. The number of carbonyl (C=O) groups is 1. The summed E-state index contributed by atoms with van der Waals surface area (Å²) in [5, 5.41) is 0.0869. The van der Waals surface area contributed by atoms with Gasteiger partial charge in [-0.2, -0.15) is 0 Å². The average molecular weight is 443 g/mol. The molecule has 0 radical (unpaired) electrons. The molecule has 0 saturated carbocycles. The highest BCUT2D eigenvalue weighted by Gasteiger charge is 2.22. The van der Waals surface area contributed by atoms with Crippen molar-refractivity contribution in [1.29, 1.82) is 0 Å². The number of carbonyl (C=O) groups excluding carboxylic acids is 1. The normalized spacial score (nSPS) is 14.2. The molecule has 0 aliphatic carbocycles. The first-order valence-electron chi connectivity index (χ1n) is 10.2. The lowest BCUT2D eigenvalue weighted by atomic mass is 10.1. The van der Waals surface area contributed by atoms with Gasteiger partial charge in [-0.25, -0.2) is 19.3 Å². The molecule has 0 N–H and O–H groups in total. The second kappa shape index (κ2) is 9.01. The van der Waals surface area contributed by atoms with Crippen LogP contribution < -0.4 is 4.90 Å². The lowest BCUT2D eigenvalue weighted by Crippen LogP contribution is -2.49. The van der Waals surface area contributed by atoms with Crippen LogP contribution in [-0.2, 0) is 11.2 Å². The van der Waals surface area contributed by atoms with Crippen molar-refractivity contribution >= 4 is 23.3 Å². The molecule has 1 amide bonds. The SMILES string of the molecule is Cc1ncn(-c2cc(N3CCN(C(=O)CCc4ccc(F)c(Cl)c4)CC3)ncn2)c1C. The van der Waals surface area contributed by atoms with Gasteiger partial charge in [-0.3, -0.25) is 9.36 Å². The summed E-state index contributed by atoms with van der Waals surface area (Å²) in [6.45, 7) is 6.64. The Labute approximate surface area is 185 Å². The van der Waals surface area contributed by atoms with Crippen LogP contribution in [0.4, 0.5) is 10.2 Å². The molecular weight excluding hydrogens is 419 g/mol. The number of nitrogens with zero attached hydrogens (tertiary/aromatic N) is 6. The summed E-state index contributed by atoms with van der Waals surface area (Å²) in [5.74, 6) is 1.26. The van der Waals surface area contributed by atoms with E-state index in [9.17, 15) is 9.18 Å². The van der Waals surface area contributed by atoms with Gasteiger partial charge in [-0.1, -0.05) is 17.7 Å². The highest BCUT2D eigenvalue weighted by Crippen LogP contribution is 2.20. The van der Waals surface area contributed by atoms with E-state index in [1.807, 2.05) is 29.4 Å².